The number of fused-ring (bicyclic) bond motifs is 11. The van der Waals surface area contributed by atoms with E-state index in [2.05, 4.69) is 143 Å². The number of hydrogen-bond donors (Lipinski definition) is 0. The number of rotatable bonds is 3. The Morgan fingerprint density at radius 3 is 2.58 bits per heavy atom. The van der Waals surface area contributed by atoms with Gasteiger partial charge in [0.25, 0.3) is 0 Å². The number of allylic oxidation sites excluding steroid dienone is 11. The molecule has 3 heterocycles. The first-order chi connectivity index (χ1) is 25.8. The van der Waals surface area contributed by atoms with E-state index in [0.717, 1.165) is 24.0 Å². The monoisotopic (exact) mass is 717 g/mol. The molecule has 11 rings (SSSR count). The molecule has 52 heavy (non-hydrogen) atoms. The summed E-state index contributed by atoms with van der Waals surface area (Å²) in [5, 5.41) is 4.10. The molecule has 2 aromatic carbocycles. The summed E-state index contributed by atoms with van der Waals surface area (Å²) in [5.41, 5.74) is 12.2. The summed E-state index contributed by atoms with van der Waals surface area (Å²) in [6.45, 7) is 0. The second-order valence-electron chi connectivity index (χ2n) is 16.8. The van der Waals surface area contributed by atoms with Crippen molar-refractivity contribution < 1.29 is 0 Å². The van der Waals surface area contributed by atoms with Gasteiger partial charge in [0.2, 0.25) is 0 Å². The minimum Gasteiger partial charge on any atom is -0.310 e. The highest BCUT2D eigenvalue weighted by molar-refractivity contribution is 8.01. The van der Waals surface area contributed by atoms with Crippen LogP contribution in [0.5, 0.6) is 0 Å². The van der Waals surface area contributed by atoms with Crippen LogP contribution in [0.15, 0.2) is 120 Å². The summed E-state index contributed by atoms with van der Waals surface area (Å²) in [6.07, 6.45) is 44.3. The SMILES string of the molecule is C1=CC(C2CC=CC3C2SC2CCCCC2C32C3=CCCCC3SC3C=C(c4cccc5c4c4c(n5-c5ccccc5)C=CCC4)C=CC32)=CCC1. The highest BCUT2D eigenvalue weighted by Gasteiger charge is 2.65. The Morgan fingerprint density at radius 2 is 1.65 bits per heavy atom. The maximum atomic E-state index is 2.81. The van der Waals surface area contributed by atoms with Crippen LogP contribution in [-0.2, 0) is 6.42 Å². The van der Waals surface area contributed by atoms with Crippen LogP contribution in [0.1, 0.15) is 87.4 Å². The molecule has 1 spiro atoms. The van der Waals surface area contributed by atoms with Crippen molar-refractivity contribution in [3.63, 3.8) is 0 Å². The van der Waals surface area contributed by atoms with E-state index in [9.17, 15) is 0 Å². The number of aryl methyl sites for hydroxylation is 1. The van der Waals surface area contributed by atoms with Gasteiger partial charge in [-0.25, -0.2) is 0 Å². The van der Waals surface area contributed by atoms with Crippen LogP contribution >= 0.6 is 23.5 Å². The number of nitrogens with zero attached hydrogens (tertiary/aromatic N) is 1. The molecule has 3 fully saturated rings. The van der Waals surface area contributed by atoms with Gasteiger partial charge in [0.15, 0.2) is 0 Å². The predicted octanol–water partition coefficient (Wildman–Crippen LogP) is 12.9. The van der Waals surface area contributed by atoms with E-state index in [1.165, 1.54) is 103 Å². The van der Waals surface area contributed by atoms with Gasteiger partial charge in [-0.2, -0.15) is 11.8 Å². The smallest absolute Gasteiger partial charge is 0.0543 e. The molecular formula is C49H51NS2. The lowest BCUT2D eigenvalue weighted by Gasteiger charge is -2.66. The normalized spacial score (nSPS) is 35.9. The molecule has 0 N–H and O–H groups in total. The maximum absolute atomic E-state index is 2.81. The molecule has 2 saturated heterocycles. The summed E-state index contributed by atoms with van der Waals surface area (Å²) in [4.78, 5) is 0. The van der Waals surface area contributed by atoms with Gasteiger partial charge < -0.3 is 4.57 Å². The van der Waals surface area contributed by atoms with Crippen molar-refractivity contribution in [2.24, 2.45) is 29.1 Å². The van der Waals surface area contributed by atoms with Crippen molar-refractivity contribution in [3.05, 3.63) is 137 Å². The van der Waals surface area contributed by atoms with Crippen molar-refractivity contribution in [2.75, 3.05) is 0 Å². The molecular weight excluding hydrogens is 667 g/mol. The van der Waals surface area contributed by atoms with E-state index in [-0.39, 0.29) is 5.41 Å². The third-order valence-electron chi connectivity index (χ3n) is 14.4. The Morgan fingerprint density at radius 1 is 0.731 bits per heavy atom. The van der Waals surface area contributed by atoms with E-state index in [1.54, 1.807) is 5.57 Å². The largest absolute Gasteiger partial charge is 0.310 e. The molecule has 264 valence electrons. The van der Waals surface area contributed by atoms with E-state index < -0.39 is 0 Å². The maximum Gasteiger partial charge on any atom is 0.0543 e. The van der Waals surface area contributed by atoms with Gasteiger partial charge >= 0.3 is 0 Å². The quantitative estimate of drug-likeness (QED) is 0.249. The fraction of sp³-hybridized carbons (Fsp3) is 0.429. The number of para-hydroxylation sites is 1. The second kappa shape index (κ2) is 13.0. The minimum absolute atomic E-state index is 0.223. The first-order valence-electron chi connectivity index (χ1n) is 20.6. The number of benzene rings is 2. The van der Waals surface area contributed by atoms with Gasteiger partial charge in [-0.05, 0) is 129 Å². The zero-order valence-electron chi connectivity index (χ0n) is 30.3. The second-order valence-corrected chi connectivity index (χ2v) is 19.6. The molecule has 0 amide bonds. The highest BCUT2D eigenvalue weighted by atomic mass is 32.2. The first-order valence-corrected chi connectivity index (χ1v) is 22.5. The minimum atomic E-state index is 0.223. The molecule has 0 bridgehead atoms. The zero-order valence-corrected chi connectivity index (χ0v) is 32.0. The molecule has 1 aromatic heterocycles. The topological polar surface area (TPSA) is 4.93 Å². The van der Waals surface area contributed by atoms with Crippen LogP contribution in [0.25, 0.3) is 28.2 Å². The third kappa shape index (κ3) is 4.83. The molecule has 6 aliphatic carbocycles. The van der Waals surface area contributed by atoms with Crippen molar-refractivity contribution in [3.8, 4) is 5.69 Å². The molecule has 1 saturated carbocycles. The third-order valence-corrected chi connectivity index (χ3v) is 17.8. The average Bonchev–Trinajstić information content (AvgIpc) is 3.56. The highest BCUT2D eigenvalue weighted by Crippen LogP contribution is 2.71. The Hall–Kier alpha value is -3.14. The molecule has 9 unspecified atom stereocenters. The predicted molar refractivity (Wildman–Crippen MR) is 225 cm³/mol. The summed E-state index contributed by atoms with van der Waals surface area (Å²) >= 11 is 4.80. The van der Waals surface area contributed by atoms with Crippen LogP contribution in [0.4, 0.5) is 0 Å². The summed E-state index contributed by atoms with van der Waals surface area (Å²) < 4.78 is 2.52. The van der Waals surface area contributed by atoms with Gasteiger partial charge in [0.05, 0.1) is 5.52 Å². The first kappa shape index (κ1) is 32.3. The molecule has 3 aromatic rings. The average molecular weight is 718 g/mol. The molecule has 2 aliphatic heterocycles. The summed E-state index contributed by atoms with van der Waals surface area (Å²) in [7, 11) is 0. The molecule has 1 nitrogen and oxygen atoms in total. The van der Waals surface area contributed by atoms with Crippen LogP contribution in [-0.4, -0.2) is 25.6 Å². The lowest BCUT2D eigenvalue weighted by Crippen LogP contribution is -2.62. The van der Waals surface area contributed by atoms with E-state index in [0.29, 0.717) is 33.5 Å². The van der Waals surface area contributed by atoms with Gasteiger partial charge in [0, 0.05) is 49.1 Å². The Balaban J connectivity index is 1.06. The Bertz CT molecular complexity index is 2120. The molecule has 3 heteroatoms. The standard InChI is InChI=1S/C49H51NS2/c1-3-15-32(16-4-1)36-21-13-24-41-48(36)52-45-28-12-9-23-39(45)49(41)38-22-8-11-27-44(38)51-46-31-33(29-30-40(46)49)35-20-14-26-43-47(35)37-19-7-10-25-42(37)50(43)34-17-5-2-6-18-34/h2-3,5-6,10,13-18,20,22,24-26,29-31,36,39-41,44-46,48H,1,4,7-9,11-12,19,21,23,27-28H2. The van der Waals surface area contributed by atoms with Gasteiger partial charge in [-0.3, -0.25) is 0 Å². The molecule has 9 atom stereocenters. The molecule has 0 radical (unpaired) electrons. The van der Waals surface area contributed by atoms with Crippen LogP contribution < -0.4 is 0 Å². The van der Waals surface area contributed by atoms with E-state index >= 15 is 0 Å². The lowest BCUT2D eigenvalue weighted by atomic mass is 9.47. The summed E-state index contributed by atoms with van der Waals surface area (Å²) in [5.74, 6) is 2.57. The van der Waals surface area contributed by atoms with Crippen molar-refractivity contribution >= 4 is 46.1 Å². The van der Waals surface area contributed by atoms with Crippen LogP contribution in [0.3, 0.4) is 0 Å². The van der Waals surface area contributed by atoms with E-state index in [4.69, 9.17) is 0 Å². The van der Waals surface area contributed by atoms with Gasteiger partial charge in [-0.15, -0.1) is 11.8 Å². The number of thioether (sulfide) groups is 2. The lowest BCUT2D eigenvalue weighted by molar-refractivity contribution is 0.0380. The van der Waals surface area contributed by atoms with Crippen molar-refractivity contribution in [2.45, 2.75) is 98.0 Å². The Labute approximate surface area is 319 Å². The van der Waals surface area contributed by atoms with Crippen LogP contribution in [0.2, 0.25) is 0 Å². The van der Waals surface area contributed by atoms with Crippen molar-refractivity contribution in [1.82, 2.24) is 4.57 Å². The fourth-order valence-corrected chi connectivity index (χ4v) is 16.5. The van der Waals surface area contributed by atoms with Crippen molar-refractivity contribution in [1.29, 1.82) is 0 Å². The van der Waals surface area contributed by atoms with Gasteiger partial charge in [0.1, 0.15) is 0 Å². The summed E-state index contributed by atoms with van der Waals surface area (Å²) in [6, 6.07) is 18.2. The van der Waals surface area contributed by atoms with Gasteiger partial charge in [-0.1, -0.05) is 110 Å². The fourth-order valence-electron chi connectivity index (χ4n) is 12.4. The number of hydrogen-bond acceptors (Lipinski definition) is 2. The Kier molecular flexibility index (Phi) is 8.09. The number of aromatic nitrogens is 1. The van der Waals surface area contributed by atoms with Crippen LogP contribution in [0, 0.1) is 29.1 Å². The van der Waals surface area contributed by atoms with E-state index in [1.807, 2.05) is 5.57 Å². The zero-order chi connectivity index (χ0) is 34.2. The molecule has 8 aliphatic rings.